The smallest absolute Gasteiger partial charge is 0.255 e. The molecule has 0 saturated carbocycles. The van der Waals surface area contributed by atoms with Gasteiger partial charge in [-0.25, -0.2) is 0 Å². The van der Waals surface area contributed by atoms with E-state index >= 15 is 0 Å². The molecule has 3 amide bonds. The molecule has 7 heteroatoms. The monoisotopic (exact) mass is 446 g/mol. The molecule has 0 aromatic heterocycles. The first-order valence-corrected chi connectivity index (χ1v) is 12.2. The first-order valence-electron chi connectivity index (χ1n) is 12.2. The molecule has 1 aromatic carbocycles. The highest BCUT2D eigenvalue weighted by atomic mass is 16.2. The Hall–Kier alpha value is -2.93. The highest BCUT2D eigenvalue weighted by Crippen LogP contribution is 2.37. The van der Waals surface area contributed by atoms with Crippen molar-refractivity contribution in [1.29, 1.82) is 0 Å². The maximum absolute atomic E-state index is 13.0. The second-order valence-corrected chi connectivity index (χ2v) is 9.90. The molecule has 2 N–H and O–H groups in total. The molecule has 0 bridgehead atoms. The zero-order valence-corrected chi connectivity index (χ0v) is 18.8. The van der Waals surface area contributed by atoms with Crippen LogP contribution in [0.5, 0.6) is 0 Å². The quantitative estimate of drug-likeness (QED) is 0.696. The van der Waals surface area contributed by atoms with E-state index in [2.05, 4.69) is 39.8 Å². The number of imide groups is 1. The van der Waals surface area contributed by atoms with Crippen LogP contribution in [0.2, 0.25) is 0 Å². The first-order chi connectivity index (χ1) is 16.1. The number of piperidine rings is 2. The summed E-state index contributed by atoms with van der Waals surface area (Å²) in [6.45, 7) is 3.59. The van der Waals surface area contributed by atoms with Gasteiger partial charge in [0.15, 0.2) is 0 Å². The van der Waals surface area contributed by atoms with E-state index in [1.807, 2.05) is 6.07 Å². The number of rotatable bonds is 3. The van der Waals surface area contributed by atoms with E-state index in [0.29, 0.717) is 30.5 Å². The van der Waals surface area contributed by atoms with E-state index in [0.717, 1.165) is 44.5 Å². The number of hydrogen-bond donors (Lipinski definition) is 2. The summed E-state index contributed by atoms with van der Waals surface area (Å²) in [5.74, 6) is -0.204. The van der Waals surface area contributed by atoms with Crippen molar-refractivity contribution in [3.63, 3.8) is 0 Å². The molecule has 2 fully saturated rings. The molecule has 2 atom stereocenters. The summed E-state index contributed by atoms with van der Waals surface area (Å²) in [5.41, 5.74) is 5.94. The number of nitrogens with one attached hydrogen (secondary N) is 2. The fraction of sp³-hybridized carbons (Fsp3) is 0.500. The molecule has 4 aliphatic heterocycles. The maximum Gasteiger partial charge on any atom is 0.255 e. The average molecular weight is 447 g/mol. The Bertz CT molecular complexity index is 1080. The summed E-state index contributed by atoms with van der Waals surface area (Å²) in [6, 6.07) is 6.23. The Balaban J connectivity index is 1.12. The fourth-order valence-corrected chi connectivity index (χ4v) is 6.32. The molecule has 7 nitrogen and oxygen atoms in total. The molecular weight excluding hydrogens is 416 g/mol. The zero-order valence-electron chi connectivity index (χ0n) is 18.8. The number of carbonyl (C=O) groups is 3. The summed E-state index contributed by atoms with van der Waals surface area (Å²) in [7, 11) is 0. The minimum atomic E-state index is -0.553. The van der Waals surface area contributed by atoms with Crippen molar-refractivity contribution in [2.24, 2.45) is 0 Å². The maximum atomic E-state index is 13.0. The van der Waals surface area contributed by atoms with E-state index < -0.39 is 6.04 Å². The van der Waals surface area contributed by atoms with Crippen LogP contribution in [0.15, 0.2) is 41.6 Å². The summed E-state index contributed by atoms with van der Waals surface area (Å²) < 4.78 is 0. The molecule has 1 aliphatic carbocycles. The molecular formula is C26H30N4O3. The van der Waals surface area contributed by atoms with E-state index in [-0.39, 0.29) is 24.1 Å². The van der Waals surface area contributed by atoms with Gasteiger partial charge in [-0.2, -0.15) is 0 Å². The number of dihydropyridines is 1. The van der Waals surface area contributed by atoms with Crippen LogP contribution >= 0.6 is 0 Å². The molecule has 33 heavy (non-hydrogen) atoms. The molecule has 2 unspecified atom stereocenters. The topological polar surface area (TPSA) is 81.8 Å². The van der Waals surface area contributed by atoms with Crippen LogP contribution in [0.1, 0.15) is 65.9 Å². The molecule has 0 spiro atoms. The predicted octanol–water partition coefficient (Wildman–Crippen LogP) is 2.20. The Morgan fingerprint density at radius 3 is 2.58 bits per heavy atom. The third-order valence-corrected chi connectivity index (χ3v) is 8.10. The van der Waals surface area contributed by atoms with Gasteiger partial charge < -0.3 is 10.2 Å². The Labute approximate surface area is 193 Å². The standard InChI is InChI=1S/C26H30N4O3/c31-24-8-7-23(25(32)28-24)30-15-18-14-17(3-4-19(18)26(30)33)16-9-12-29(13-10-16)22-6-5-21-20(22)2-1-11-27-21/h1-4,14,16,22-23,27H,5-13,15H2,(H,28,31,32). The van der Waals surface area contributed by atoms with Gasteiger partial charge in [-0.05, 0) is 73.9 Å². The second-order valence-electron chi connectivity index (χ2n) is 9.90. The summed E-state index contributed by atoms with van der Waals surface area (Å²) in [4.78, 5) is 41.0. The van der Waals surface area contributed by atoms with Gasteiger partial charge in [0.25, 0.3) is 5.91 Å². The first kappa shape index (κ1) is 20.7. The average Bonchev–Trinajstić information content (AvgIpc) is 3.40. The van der Waals surface area contributed by atoms with Crippen molar-refractivity contribution < 1.29 is 14.4 Å². The van der Waals surface area contributed by atoms with Gasteiger partial charge in [0, 0.05) is 36.8 Å². The highest BCUT2D eigenvalue weighted by molar-refractivity contribution is 6.05. The summed E-state index contributed by atoms with van der Waals surface area (Å²) in [5, 5.41) is 5.91. The van der Waals surface area contributed by atoms with Crippen molar-refractivity contribution in [1.82, 2.24) is 20.4 Å². The van der Waals surface area contributed by atoms with E-state index in [1.54, 1.807) is 4.90 Å². The molecule has 1 aromatic rings. The van der Waals surface area contributed by atoms with Gasteiger partial charge in [0.1, 0.15) is 6.04 Å². The van der Waals surface area contributed by atoms with Crippen LogP contribution in [0.3, 0.4) is 0 Å². The van der Waals surface area contributed by atoms with Crippen molar-refractivity contribution in [2.45, 2.75) is 63.1 Å². The van der Waals surface area contributed by atoms with E-state index in [9.17, 15) is 14.4 Å². The van der Waals surface area contributed by atoms with Gasteiger partial charge in [0.2, 0.25) is 11.8 Å². The lowest BCUT2D eigenvalue weighted by molar-refractivity contribution is -0.136. The van der Waals surface area contributed by atoms with Crippen LogP contribution < -0.4 is 10.6 Å². The van der Waals surface area contributed by atoms with Crippen molar-refractivity contribution in [3.05, 3.63) is 58.3 Å². The largest absolute Gasteiger partial charge is 0.385 e. The van der Waals surface area contributed by atoms with Crippen LogP contribution in [0.4, 0.5) is 0 Å². The number of benzene rings is 1. The van der Waals surface area contributed by atoms with Crippen molar-refractivity contribution in [2.75, 3.05) is 19.6 Å². The second kappa shape index (κ2) is 8.13. The normalized spacial score (nSPS) is 28.1. The van der Waals surface area contributed by atoms with E-state index in [1.165, 1.54) is 23.3 Å². The van der Waals surface area contributed by atoms with Gasteiger partial charge in [0.05, 0.1) is 0 Å². The predicted molar refractivity (Wildman–Crippen MR) is 123 cm³/mol. The molecule has 5 aliphatic rings. The Morgan fingerprint density at radius 2 is 1.76 bits per heavy atom. The number of hydrogen-bond acceptors (Lipinski definition) is 5. The molecule has 172 valence electrons. The Morgan fingerprint density at radius 1 is 0.939 bits per heavy atom. The highest BCUT2D eigenvalue weighted by Gasteiger charge is 2.39. The van der Waals surface area contributed by atoms with Crippen LogP contribution in [0.25, 0.3) is 0 Å². The Kier molecular flexibility index (Phi) is 5.09. The fourth-order valence-electron chi connectivity index (χ4n) is 6.32. The summed E-state index contributed by atoms with van der Waals surface area (Å²) >= 11 is 0. The number of nitrogens with zero attached hydrogens (tertiary/aromatic N) is 2. The van der Waals surface area contributed by atoms with Crippen molar-refractivity contribution in [3.8, 4) is 0 Å². The number of carbonyl (C=O) groups excluding carboxylic acids is 3. The minimum Gasteiger partial charge on any atom is -0.385 e. The SMILES string of the molecule is O=C1CCC(N2Cc3cc(C4CCN(C5CCC6=C5C=CCN6)CC4)ccc3C2=O)C(=O)N1. The van der Waals surface area contributed by atoms with Gasteiger partial charge >= 0.3 is 0 Å². The number of likely N-dealkylation sites (tertiary alicyclic amines) is 1. The van der Waals surface area contributed by atoms with Crippen LogP contribution in [0, 0.1) is 0 Å². The molecule has 6 rings (SSSR count). The lowest BCUT2D eigenvalue weighted by Gasteiger charge is -2.37. The number of fused-ring (bicyclic) bond motifs is 1. The lowest BCUT2D eigenvalue weighted by atomic mass is 9.87. The molecule has 2 saturated heterocycles. The van der Waals surface area contributed by atoms with Crippen LogP contribution in [-0.4, -0.2) is 59.2 Å². The van der Waals surface area contributed by atoms with Gasteiger partial charge in [-0.3, -0.25) is 24.6 Å². The molecule has 0 radical (unpaired) electrons. The third-order valence-electron chi connectivity index (χ3n) is 8.10. The van der Waals surface area contributed by atoms with E-state index in [4.69, 9.17) is 0 Å². The minimum absolute atomic E-state index is 0.0969. The number of allylic oxidation sites excluding steroid dienone is 1. The lowest BCUT2D eigenvalue weighted by Crippen LogP contribution is -2.52. The third kappa shape index (κ3) is 3.59. The van der Waals surface area contributed by atoms with Crippen molar-refractivity contribution >= 4 is 17.7 Å². The van der Waals surface area contributed by atoms with Crippen LogP contribution in [-0.2, 0) is 16.1 Å². The molecule has 4 heterocycles. The summed E-state index contributed by atoms with van der Waals surface area (Å²) in [6.07, 6.45) is 9.86. The van der Waals surface area contributed by atoms with Gasteiger partial charge in [-0.15, -0.1) is 0 Å². The zero-order chi connectivity index (χ0) is 22.5. The number of amides is 3. The van der Waals surface area contributed by atoms with Gasteiger partial charge in [-0.1, -0.05) is 24.3 Å².